The molecule has 2 heterocycles. The van der Waals surface area contributed by atoms with Crippen molar-refractivity contribution in [3.05, 3.63) is 58.7 Å². The smallest absolute Gasteiger partial charge is 0.292 e. The molecule has 0 aliphatic carbocycles. The number of hydrogen-bond donors (Lipinski definition) is 0. The number of unbranched alkanes of at least 4 members (excludes halogenated alkanes) is 3. The summed E-state index contributed by atoms with van der Waals surface area (Å²) in [5.74, 6) is -0.553. The molecule has 1 saturated heterocycles. The maximum atomic E-state index is 13.4. The van der Waals surface area contributed by atoms with Crippen molar-refractivity contribution in [1.82, 2.24) is 0 Å². The third-order valence-electron chi connectivity index (χ3n) is 5.82. The topological polar surface area (TPSA) is 48.0 Å². The van der Waals surface area contributed by atoms with Gasteiger partial charge in [0.15, 0.2) is 0 Å². The van der Waals surface area contributed by atoms with Crippen molar-refractivity contribution >= 4 is 11.6 Å². The highest BCUT2D eigenvalue weighted by atomic mass is 16.7. The molecule has 4 rings (SSSR count). The van der Waals surface area contributed by atoms with E-state index in [4.69, 9.17) is 14.2 Å². The Balaban J connectivity index is 1.51. The predicted octanol–water partition coefficient (Wildman–Crippen LogP) is 5.01. The average molecular weight is 410 g/mol. The lowest BCUT2D eigenvalue weighted by molar-refractivity contribution is -0.180. The van der Waals surface area contributed by atoms with Gasteiger partial charge >= 0.3 is 0 Å². The number of carbonyl (C=O) groups excluding carboxylic acids is 1. The zero-order chi connectivity index (χ0) is 21.1. The minimum absolute atomic E-state index is 0.139. The molecule has 0 N–H and O–H groups in total. The molecule has 30 heavy (non-hydrogen) atoms. The molecule has 5 heteroatoms. The summed E-state index contributed by atoms with van der Waals surface area (Å²) in [6, 6.07) is 12.1. The first-order valence-corrected chi connectivity index (χ1v) is 11.0. The van der Waals surface area contributed by atoms with Crippen LogP contribution in [0.3, 0.4) is 0 Å². The molecule has 5 nitrogen and oxygen atoms in total. The van der Waals surface area contributed by atoms with Crippen molar-refractivity contribution in [2.75, 3.05) is 24.7 Å². The van der Waals surface area contributed by atoms with Gasteiger partial charge in [-0.05, 0) is 49.6 Å². The van der Waals surface area contributed by atoms with E-state index in [0.717, 1.165) is 46.7 Å². The average Bonchev–Trinajstić information content (AvgIpc) is 3.30. The van der Waals surface area contributed by atoms with Gasteiger partial charge in [0.1, 0.15) is 5.75 Å². The van der Waals surface area contributed by atoms with Crippen LogP contribution in [0.25, 0.3) is 0 Å². The number of amides is 1. The highest BCUT2D eigenvalue weighted by molar-refractivity contribution is 6.07. The standard InChI is InChI=1S/C25H31NO4/c1-4-5-6-7-12-28-21-10-8-20(9-11-21)17-26-23-19(3)15-18(2)16-22(23)25(24(26)27)29-13-14-30-25/h8-11,15-16H,4-7,12-14,17H2,1-3H3. The number of hydrogen-bond acceptors (Lipinski definition) is 4. The van der Waals surface area contributed by atoms with Crippen LogP contribution in [0.15, 0.2) is 36.4 Å². The lowest BCUT2D eigenvalue weighted by atomic mass is 10.0. The molecule has 2 aromatic carbocycles. The molecule has 1 spiro atoms. The predicted molar refractivity (Wildman–Crippen MR) is 117 cm³/mol. The second-order valence-corrected chi connectivity index (χ2v) is 8.24. The maximum absolute atomic E-state index is 13.4. The van der Waals surface area contributed by atoms with E-state index in [1.807, 2.05) is 44.2 Å². The summed E-state index contributed by atoms with van der Waals surface area (Å²) in [6.45, 7) is 8.35. The molecule has 2 aromatic rings. The van der Waals surface area contributed by atoms with E-state index in [1.165, 1.54) is 19.3 Å². The van der Waals surface area contributed by atoms with Crippen LogP contribution < -0.4 is 9.64 Å². The van der Waals surface area contributed by atoms with Gasteiger partial charge in [0, 0.05) is 5.56 Å². The molecule has 0 bridgehead atoms. The van der Waals surface area contributed by atoms with Crippen LogP contribution in [0.4, 0.5) is 5.69 Å². The normalized spacial score (nSPS) is 17.0. The Morgan fingerprint density at radius 3 is 2.47 bits per heavy atom. The largest absolute Gasteiger partial charge is 0.494 e. The third kappa shape index (κ3) is 3.84. The summed E-state index contributed by atoms with van der Waals surface area (Å²) >= 11 is 0. The number of anilines is 1. The first-order chi connectivity index (χ1) is 14.5. The zero-order valence-electron chi connectivity index (χ0n) is 18.2. The molecular weight excluding hydrogens is 378 g/mol. The number of fused-ring (bicyclic) bond motifs is 2. The molecule has 0 atom stereocenters. The molecule has 0 saturated carbocycles. The fraction of sp³-hybridized carbons (Fsp3) is 0.480. The van der Waals surface area contributed by atoms with Gasteiger partial charge in [0.2, 0.25) is 0 Å². The van der Waals surface area contributed by atoms with Crippen LogP contribution in [0.1, 0.15) is 54.9 Å². The molecule has 2 aliphatic heterocycles. The second-order valence-electron chi connectivity index (χ2n) is 8.24. The molecule has 2 aliphatic rings. The summed E-state index contributed by atoms with van der Waals surface area (Å²) < 4.78 is 17.6. The monoisotopic (exact) mass is 409 g/mol. The Kier molecular flexibility index (Phi) is 6.11. The lowest BCUT2D eigenvalue weighted by Gasteiger charge is -2.22. The van der Waals surface area contributed by atoms with Gasteiger partial charge in [0.05, 0.1) is 32.1 Å². The van der Waals surface area contributed by atoms with E-state index < -0.39 is 5.79 Å². The van der Waals surface area contributed by atoms with Gasteiger partial charge in [-0.25, -0.2) is 0 Å². The Hall–Kier alpha value is -2.37. The number of nitrogens with zero attached hydrogens (tertiary/aromatic N) is 1. The number of aryl methyl sites for hydroxylation is 2. The molecule has 1 fully saturated rings. The van der Waals surface area contributed by atoms with Gasteiger partial charge in [-0.2, -0.15) is 0 Å². The van der Waals surface area contributed by atoms with Gasteiger partial charge < -0.3 is 19.1 Å². The number of rotatable bonds is 8. The molecular formula is C25H31NO4. The lowest BCUT2D eigenvalue weighted by Crippen LogP contribution is -2.41. The molecule has 0 aromatic heterocycles. The summed E-state index contributed by atoms with van der Waals surface area (Å²) in [4.78, 5) is 15.2. The number of benzene rings is 2. The van der Waals surface area contributed by atoms with Crippen LogP contribution >= 0.6 is 0 Å². The highest BCUT2D eigenvalue weighted by Gasteiger charge is 2.56. The maximum Gasteiger partial charge on any atom is 0.292 e. The summed E-state index contributed by atoms with van der Waals surface area (Å²) in [6.07, 6.45) is 4.76. The molecule has 1 amide bonds. The summed E-state index contributed by atoms with van der Waals surface area (Å²) in [5, 5.41) is 0. The van der Waals surface area contributed by atoms with E-state index in [1.54, 1.807) is 4.90 Å². The molecule has 0 radical (unpaired) electrons. The Morgan fingerprint density at radius 2 is 1.77 bits per heavy atom. The van der Waals surface area contributed by atoms with Crippen LogP contribution in [-0.4, -0.2) is 25.7 Å². The highest BCUT2D eigenvalue weighted by Crippen LogP contribution is 2.48. The van der Waals surface area contributed by atoms with E-state index in [-0.39, 0.29) is 5.91 Å². The van der Waals surface area contributed by atoms with E-state index >= 15 is 0 Å². The summed E-state index contributed by atoms with van der Waals surface area (Å²) in [7, 11) is 0. The Labute approximate surface area is 178 Å². The van der Waals surface area contributed by atoms with Crippen molar-refractivity contribution < 1.29 is 19.0 Å². The Morgan fingerprint density at radius 1 is 1.03 bits per heavy atom. The fourth-order valence-corrected chi connectivity index (χ4v) is 4.40. The van der Waals surface area contributed by atoms with Gasteiger partial charge in [-0.3, -0.25) is 4.79 Å². The van der Waals surface area contributed by atoms with Crippen LogP contribution in [0.2, 0.25) is 0 Å². The zero-order valence-corrected chi connectivity index (χ0v) is 18.2. The fourth-order valence-electron chi connectivity index (χ4n) is 4.40. The van der Waals surface area contributed by atoms with Crippen molar-refractivity contribution in [3.63, 3.8) is 0 Å². The van der Waals surface area contributed by atoms with Crippen LogP contribution in [0, 0.1) is 13.8 Å². The van der Waals surface area contributed by atoms with E-state index in [0.29, 0.717) is 19.8 Å². The first kappa shape index (κ1) is 20.9. The van der Waals surface area contributed by atoms with Crippen molar-refractivity contribution in [1.29, 1.82) is 0 Å². The van der Waals surface area contributed by atoms with Gasteiger partial charge in [-0.1, -0.05) is 49.9 Å². The van der Waals surface area contributed by atoms with Crippen molar-refractivity contribution in [2.24, 2.45) is 0 Å². The second kappa shape index (κ2) is 8.78. The number of ether oxygens (including phenoxy) is 3. The van der Waals surface area contributed by atoms with Crippen molar-refractivity contribution in [2.45, 2.75) is 58.8 Å². The summed E-state index contributed by atoms with van der Waals surface area (Å²) in [5.41, 5.74) is 4.93. The minimum Gasteiger partial charge on any atom is -0.494 e. The third-order valence-corrected chi connectivity index (χ3v) is 5.82. The quantitative estimate of drug-likeness (QED) is 0.575. The Bertz CT molecular complexity index is 900. The van der Waals surface area contributed by atoms with Crippen LogP contribution in [-0.2, 0) is 26.6 Å². The van der Waals surface area contributed by atoms with Gasteiger partial charge in [-0.15, -0.1) is 0 Å². The first-order valence-electron chi connectivity index (χ1n) is 11.0. The van der Waals surface area contributed by atoms with E-state index in [9.17, 15) is 4.79 Å². The van der Waals surface area contributed by atoms with E-state index in [2.05, 4.69) is 13.0 Å². The number of carbonyl (C=O) groups is 1. The SMILES string of the molecule is CCCCCCOc1ccc(CN2C(=O)C3(OCCO3)c3cc(C)cc(C)c32)cc1. The van der Waals surface area contributed by atoms with Crippen LogP contribution in [0.5, 0.6) is 5.75 Å². The molecule has 0 unspecified atom stereocenters. The minimum atomic E-state index is -1.28. The molecule has 160 valence electrons. The van der Waals surface area contributed by atoms with Crippen molar-refractivity contribution in [3.8, 4) is 5.75 Å². The van der Waals surface area contributed by atoms with Gasteiger partial charge in [0.25, 0.3) is 11.7 Å².